The van der Waals surface area contributed by atoms with E-state index in [1.165, 1.54) is 0 Å². The van der Waals surface area contributed by atoms with Gasteiger partial charge in [0.2, 0.25) is 0 Å². The second-order valence-corrected chi connectivity index (χ2v) is 8.10. The van der Waals surface area contributed by atoms with Crippen molar-refractivity contribution in [3.8, 4) is 0 Å². The molecule has 0 radical (unpaired) electrons. The maximum Gasteiger partial charge on any atom is 2.00 e. The topological polar surface area (TPSA) is 170 Å². The molecule has 2 aliphatic rings. The van der Waals surface area contributed by atoms with Gasteiger partial charge in [-0.25, -0.2) is 26.3 Å². The molecule has 0 unspecified atom stereocenters. The van der Waals surface area contributed by atoms with Crippen LogP contribution < -0.4 is 9.44 Å². The average Bonchev–Trinajstić information content (AvgIpc) is 2.38. The second kappa shape index (κ2) is 13.2. The second-order valence-electron chi connectivity index (χ2n) is 5.81. The summed E-state index contributed by atoms with van der Waals surface area (Å²) < 4.78 is 65.5. The van der Waals surface area contributed by atoms with Crippen molar-refractivity contribution in [1.82, 2.24) is 9.44 Å². The van der Waals surface area contributed by atoms with Gasteiger partial charge in [0.1, 0.15) is 0 Å². The minimum Gasteiger partial charge on any atom is -0.735 e. The molecule has 24 heavy (non-hydrogen) atoms. The van der Waals surface area contributed by atoms with Crippen molar-refractivity contribution in [2.75, 3.05) is 0 Å². The van der Waals surface area contributed by atoms with E-state index in [9.17, 15) is 25.9 Å². The Morgan fingerprint density at radius 1 is 0.625 bits per heavy atom. The molecule has 0 aliphatic heterocycles. The maximum atomic E-state index is 10.2. The maximum absolute atomic E-state index is 10.2. The Labute approximate surface area is 174 Å². The zero-order valence-corrected chi connectivity index (χ0v) is 17.5. The number of rotatable bonds is 4. The van der Waals surface area contributed by atoms with Gasteiger partial charge in [0.15, 0.2) is 20.6 Å². The summed E-state index contributed by atoms with van der Waals surface area (Å²) in [5, 5.41) is 0. The Hall–Kier alpha value is 0.960. The summed E-state index contributed by atoms with van der Waals surface area (Å²) >= 11 is 0. The third kappa shape index (κ3) is 15.2. The Morgan fingerprint density at radius 3 is 1.08 bits per heavy atom. The number of nitrogens with one attached hydrogen (secondary N) is 2. The molecule has 0 spiro atoms. The van der Waals surface area contributed by atoms with Crippen molar-refractivity contribution in [2.45, 2.75) is 76.3 Å². The molecular weight excluding hydrogens is 388 g/mol. The van der Waals surface area contributed by atoms with Crippen molar-refractivity contribution >= 4 is 58.3 Å². The molecule has 2 saturated carbocycles. The first-order valence-corrected chi connectivity index (χ1v) is 10.4. The molecule has 0 aromatic heterocycles. The summed E-state index contributed by atoms with van der Waals surface area (Å²) in [5.41, 5.74) is 0. The van der Waals surface area contributed by atoms with Gasteiger partial charge in [-0.15, -0.1) is 0 Å². The van der Waals surface area contributed by atoms with Crippen LogP contribution in [0.5, 0.6) is 0 Å². The molecular formula is C12H26CaN2O7S2. The Kier molecular flexibility index (Phi) is 14.9. The van der Waals surface area contributed by atoms with E-state index in [1.807, 2.05) is 0 Å². The quantitative estimate of drug-likeness (QED) is 0.465. The number of hydrogen-bond donors (Lipinski definition) is 2. The van der Waals surface area contributed by atoms with Crippen molar-refractivity contribution < 1.29 is 31.4 Å². The molecule has 0 atom stereocenters. The van der Waals surface area contributed by atoms with E-state index in [0.29, 0.717) is 0 Å². The summed E-state index contributed by atoms with van der Waals surface area (Å²) in [6.45, 7) is 0. The SMILES string of the molecule is O.O=S(=O)([O-])NC1CCCCC1.O=S(=O)([O-])NC1CCCCC1.[Ca+2]. The van der Waals surface area contributed by atoms with Gasteiger partial charge >= 0.3 is 37.7 Å². The molecule has 0 aromatic carbocycles. The van der Waals surface area contributed by atoms with Gasteiger partial charge in [-0.2, -0.15) is 0 Å². The van der Waals surface area contributed by atoms with Crippen LogP contribution in [0.4, 0.5) is 0 Å². The smallest absolute Gasteiger partial charge is 0.735 e. The van der Waals surface area contributed by atoms with Crippen LogP contribution in [-0.2, 0) is 20.6 Å². The van der Waals surface area contributed by atoms with Crippen LogP contribution in [0.15, 0.2) is 0 Å². The summed E-state index contributed by atoms with van der Waals surface area (Å²) in [4.78, 5) is 0. The normalized spacial score (nSPS) is 20.1. The van der Waals surface area contributed by atoms with E-state index in [0.717, 1.165) is 64.2 Å². The fraction of sp³-hybridized carbons (Fsp3) is 1.00. The molecule has 0 heterocycles. The van der Waals surface area contributed by atoms with Crippen molar-refractivity contribution in [3.63, 3.8) is 0 Å². The average molecular weight is 415 g/mol. The molecule has 12 heteroatoms. The molecule has 2 fully saturated rings. The first-order valence-electron chi connectivity index (χ1n) is 7.62. The van der Waals surface area contributed by atoms with Crippen LogP contribution >= 0.6 is 0 Å². The van der Waals surface area contributed by atoms with E-state index < -0.39 is 20.6 Å². The molecule has 0 aromatic rings. The molecule has 0 bridgehead atoms. The van der Waals surface area contributed by atoms with Crippen LogP contribution in [0.1, 0.15) is 64.2 Å². The van der Waals surface area contributed by atoms with Gasteiger partial charge in [-0.1, -0.05) is 38.5 Å². The summed E-state index contributed by atoms with van der Waals surface area (Å²) in [6.07, 6.45) is 9.61. The van der Waals surface area contributed by atoms with Gasteiger partial charge in [-0.3, -0.25) is 0 Å². The number of hydrogen-bond acceptors (Lipinski definition) is 6. The summed E-state index contributed by atoms with van der Waals surface area (Å²) in [6, 6.07) is -0.211. The molecule has 140 valence electrons. The van der Waals surface area contributed by atoms with Gasteiger partial charge in [0.05, 0.1) is 0 Å². The third-order valence-electron chi connectivity index (χ3n) is 3.83. The van der Waals surface area contributed by atoms with Crippen molar-refractivity contribution in [2.24, 2.45) is 0 Å². The van der Waals surface area contributed by atoms with Gasteiger partial charge < -0.3 is 14.6 Å². The molecule has 9 nitrogen and oxygen atoms in total. The largest absolute Gasteiger partial charge is 2.00 e. The standard InChI is InChI=1S/2C6H13NO3S.Ca.H2O/c2*8-11(9,10)7-6-4-2-1-3-5-6;;/h2*6-7H,1-5H2,(H,8,9,10);;1H2/q;;+2;/p-2. The van der Waals surface area contributed by atoms with Gasteiger partial charge in [0.25, 0.3) is 0 Å². The summed E-state index contributed by atoms with van der Waals surface area (Å²) in [5.74, 6) is 0. The van der Waals surface area contributed by atoms with Gasteiger partial charge in [0, 0.05) is 12.1 Å². The molecule has 0 saturated heterocycles. The zero-order chi connectivity index (χ0) is 16.6. The van der Waals surface area contributed by atoms with Crippen molar-refractivity contribution in [1.29, 1.82) is 0 Å². The first kappa shape index (κ1) is 27.2. The van der Waals surface area contributed by atoms with Gasteiger partial charge in [-0.05, 0) is 25.7 Å². The Bertz CT molecular complexity index is 468. The van der Waals surface area contributed by atoms with Crippen molar-refractivity contribution in [3.05, 3.63) is 0 Å². The Morgan fingerprint density at radius 2 is 0.875 bits per heavy atom. The monoisotopic (exact) mass is 414 g/mol. The fourth-order valence-electron chi connectivity index (χ4n) is 2.85. The predicted octanol–water partition coefficient (Wildman–Crippen LogP) is -0.468. The van der Waals surface area contributed by atoms with E-state index in [2.05, 4.69) is 9.44 Å². The molecule has 4 N–H and O–H groups in total. The fourth-order valence-corrected chi connectivity index (χ4v) is 4.14. The summed E-state index contributed by atoms with van der Waals surface area (Å²) in [7, 11) is -8.45. The van der Waals surface area contributed by atoms with Crippen LogP contribution in [0.2, 0.25) is 0 Å². The van der Waals surface area contributed by atoms with Crippen LogP contribution in [0.3, 0.4) is 0 Å². The third-order valence-corrected chi connectivity index (χ3v) is 5.08. The van der Waals surface area contributed by atoms with E-state index in [-0.39, 0.29) is 55.3 Å². The predicted molar refractivity (Wildman–Crippen MR) is 88.8 cm³/mol. The van der Waals surface area contributed by atoms with Crippen LogP contribution in [-0.4, -0.2) is 81.2 Å². The van der Waals surface area contributed by atoms with Crippen LogP contribution in [0, 0.1) is 0 Å². The molecule has 2 aliphatic carbocycles. The first-order chi connectivity index (χ1) is 10.2. The van der Waals surface area contributed by atoms with E-state index >= 15 is 0 Å². The molecule has 0 amide bonds. The zero-order valence-electron chi connectivity index (χ0n) is 13.7. The van der Waals surface area contributed by atoms with E-state index in [4.69, 9.17) is 0 Å². The minimum absolute atomic E-state index is 0. The van der Waals surface area contributed by atoms with Crippen LogP contribution in [0.25, 0.3) is 0 Å². The minimum atomic E-state index is -4.22. The molecule has 2 rings (SSSR count). The Balaban J connectivity index is 0. The van der Waals surface area contributed by atoms with E-state index in [1.54, 1.807) is 0 Å².